The Morgan fingerprint density at radius 2 is 1.00 bits per heavy atom. The lowest BCUT2D eigenvalue weighted by molar-refractivity contribution is 0.262. The molecule has 6 rings (SSSR count). The highest BCUT2D eigenvalue weighted by Gasteiger charge is 2.45. The number of aromatic nitrogens is 4. The number of aliphatic hydroxyl groups is 1. The third kappa shape index (κ3) is 7.62. The zero-order valence-corrected chi connectivity index (χ0v) is 29.7. The van der Waals surface area contributed by atoms with E-state index in [1.54, 1.807) is 0 Å². The van der Waals surface area contributed by atoms with Crippen LogP contribution in [0.2, 0.25) is 16.6 Å². The lowest BCUT2D eigenvalue weighted by Crippen LogP contribution is -2.47. The van der Waals surface area contributed by atoms with Gasteiger partial charge in [-0.3, -0.25) is 8.80 Å². The molecule has 4 heterocycles. The van der Waals surface area contributed by atoms with E-state index in [9.17, 15) is 5.11 Å². The van der Waals surface area contributed by atoms with E-state index in [0.29, 0.717) is 28.9 Å². The number of fused-ring (bicyclic) bond motifs is 2. The van der Waals surface area contributed by atoms with E-state index < -0.39 is 8.32 Å². The molecule has 244 valence electrons. The fourth-order valence-corrected chi connectivity index (χ4v) is 12.0. The molecule has 4 aromatic heterocycles. The molecule has 0 saturated carbocycles. The number of rotatable bonds is 7. The molecule has 1 N–H and O–H groups in total. The summed E-state index contributed by atoms with van der Waals surface area (Å²) in [5, 5.41) is 9.37. The maximum Gasteiger partial charge on any atom is 0.200 e. The van der Waals surface area contributed by atoms with Gasteiger partial charge in [0.05, 0.1) is 18.9 Å². The fraction of sp³-hybridized carbons (Fsp3) is 0.268. The van der Waals surface area contributed by atoms with Gasteiger partial charge < -0.3 is 9.53 Å². The number of hydrogen-bond acceptors (Lipinski definition) is 4. The Labute approximate surface area is 285 Å². The minimum Gasteiger partial charge on any atom is -0.410 e. The second kappa shape index (κ2) is 15.8. The van der Waals surface area contributed by atoms with Gasteiger partial charge in [-0.25, -0.2) is 9.97 Å². The predicted octanol–water partition coefficient (Wildman–Crippen LogP) is 8.65. The molecule has 2 aromatic carbocycles. The summed E-state index contributed by atoms with van der Waals surface area (Å²) >= 11 is 0. The van der Waals surface area contributed by atoms with E-state index in [-0.39, 0.29) is 6.61 Å². The quantitative estimate of drug-likeness (QED) is 0.139. The molecule has 0 aliphatic rings. The number of imidazole rings is 2. The summed E-state index contributed by atoms with van der Waals surface area (Å²) in [7, 11) is -1.97. The molecule has 48 heavy (non-hydrogen) atoms. The van der Waals surface area contributed by atoms with Crippen LogP contribution in [-0.4, -0.2) is 32.2 Å². The van der Waals surface area contributed by atoms with Crippen LogP contribution in [0.5, 0.6) is 0 Å². The molecule has 7 heteroatoms. The third-order valence-electron chi connectivity index (χ3n) is 8.72. The van der Waals surface area contributed by atoms with E-state index in [2.05, 4.69) is 74.6 Å². The standard InChI is InChI=1S/C25H32N2OSi.C16H12N2O/c1-19(2)29(20(3)4,21(5)6)28-18-23-24(16-15-22-12-8-7-9-13-22)27-17-11-10-14-25(27)26-23;19-12-14-15(10-9-13-6-2-1-3-7-13)18-11-5-4-8-16(18)17-14/h7-14,17,19-21H,18H2,1-6H3;1-8,11,19H,12H2. The van der Waals surface area contributed by atoms with Crippen molar-refractivity contribution in [3.63, 3.8) is 0 Å². The Bertz CT molecular complexity index is 2050. The van der Waals surface area contributed by atoms with Crippen LogP contribution >= 0.6 is 0 Å². The Hall–Kier alpha value is -4.92. The number of pyridine rings is 2. The zero-order chi connectivity index (χ0) is 34.1. The van der Waals surface area contributed by atoms with Gasteiger partial charge in [0.2, 0.25) is 8.32 Å². The highest BCUT2D eigenvalue weighted by atomic mass is 28.4. The van der Waals surface area contributed by atoms with Crippen LogP contribution in [0.15, 0.2) is 109 Å². The smallest absolute Gasteiger partial charge is 0.200 e. The van der Waals surface area contributed by atoms with Crippen molar-refractivity contribution in [2.75, 3.05) is 0 Å². The first-order valence-corrected chi connectivity index (χ1v) is 18.7. The van der Waals surface area contributed by atoms with Gasteiger partial charge >= 0.3 is 0 Å². The van der Waals surface area contributed by atoms with E-state index in [1.807, 2.05) is 114 Å². The van der Waals surface area contributed by atoms with Gasteiger partial charge in [0.25, 0.3) is 0 Å². The second-order valence-electron chi connectivity index (χ2n) is 12.7. The van der Waals surface area contributed by atoms with Crippen LogP contribution < -0.4 is 0 Å². The van der Waals surface area contributed by atoms with Crippen molar-refractivity contribution in [3.8, 4) is 23.7 Å². The van der Waals surface area contributed by atoms with Crippen molar-refractivity contribution in [1.82, 2.24) is 18.8 Å². The topological polar surface area (TPSA) is 64.1 Å². The molecule has 0 fully saturated rings. The van der Waals surface area contributed by atoms with Crippen LogP contribution in [0.3, 0.4) is 0 Å². The third-order valence-corrected chi connectivity index (χ3v) is 14.8. The summed E-state index contributed by atoms with van der Waals surface area (Å²) in [5.74, 6) is 12.8. The van der Waals surface area contributed by atoms with Gasteiger partial charge in [0, 0.05) is 23.5 Å². The van der Waals surface area contributed by atoms with Gasteiger partial charge in [-0.1, -0.05) is 102 Å². The maximum atomic E-state index is 9.37. The fourth-order valence-electron chi connectivity index (χ4n) is 6.56. The van der Waals surface area contributed by atoms with Crippen LogP contribution in [0, 0.1) is 23.7 Å². The Morgan fingerprint density at radius 3 is 1.44 bits per heavy atom. The average Bonchev–Trinajstić information content (AvgIpc) is 3.64. The van der Waals surface area contributed by atoms with Crippen molar-refractivity contribution >= 4 is 19.6 Å². The lowest BCUT2D eigenvalue weighted by atomic mass is 10.2. The summed E-state index contributed by atoms with van der Waals surface area (Å²) in [4.78, 5) is 9.22. The number of aliphatic hydroxyl groups excluding tert-OH is 1. The Balaban J connectivity index is 0.000000204. The number of hydrogen-bond donors (Lipinski definition) is 1. The molecule has 6 aromatic rings. The van der Waals surface area contributed by atoms with Crippen molar-refractivity contribution in [2.24, 2.45) is 0 Å². The Morgan fingerprint density at radius 1 is 0.583 bits per heavy atom. The summed E-state index contributed by atoms with van der Waals surface area (Å²) in [6, 6.07) is 31.6. The van der Waals surface area contributed by atoms with Crippen molar-refractivity contribution in [1.29, 1.82) is 0 Å². The minimum atomic E-state index is -1.97. The summed E-state index contributed by atoms with van der Waals surface area (Å²) < 4.78 is 10.8. The van der Waals surface area contributed by atoms with Gasteiger partial charge in [-0.2, -0.15) is 0 Å². The second-order valence-corrected chi connectivity index (χ2v) is 18.1. The van der Waals surface area contributed by atoms with Gasteiger partial charge in [-0.05, 0) is 77.0 Å². The largest absolute Gasteiger partial charge is 0.410 e. The van der Waals surface area contributed by atoms with E-state index >= 15 is 0 Å². The average molecular weight is 653 g/mol. The predicted molar refractivity (Wildman–Crippen MR) is 197 cm³/mol. The molecule has 0 saturated heterocycles. The monoisotopic (exact) mass is 652 g/mol. The molecular weight excluding hydrogens is 609 g/mol. The number of nitrogens with zero attached hydrogens (tertiary/aromatic N) is 4. The first kappa shape index (κ1) is 34.4. The van der Waals surface area contributed by atoms with Crippen LogP contribution in [0.1, 0.15) is 75.4 Å². The molecule has 0 radical (unpaired) electrons. The SMILES string of the molecule is CC(C)[Si](OCc1nc2ccccn2c1C#Cc1ccccc1)(C(C)C)C(C)C.OCc1nc2ccccn2c1C#Cc1ccccc1. The molecule has 6 nitrogen and oxygen atoms in total. The highest BCUT2D eigenvalue weighted by molar-refractivity contribution is 6.77. The summed E-state index contributed by atoms with van der Waals surface area (Å²) in [6.07, 6.45) is 3.93. The molecule has 0 unspecified atom stereocenters. The van der Waals surface area contributed by atoms with Crippen LogP contribution in [0.4, 0.5) is 0 Å². The lowest BCUT2D eigenvalue weighted by Gasteiger charge is -2.42. The van der Waals surface area contributed by atoms with Gasteiger partial charge in [0.15, 0.2) is 0 Å². The molecule has 0 bridgehead atoms. The molecule has 0 aliphatic carbocycles. The number of benzene rings is 2. The molecule has 0 spiro atoms. The molecule has 0 aliphatic heterocycles. The zero-order valence-electron chi connectivity index (χ0n) is 28.7. The highest BCUT2D eigenvalue weighted by Crippen LogP contribution is 2.42. The van der Waals surface area contributed by atoms with Gasteiger partial charge in [-0.15, -0.1) is 0 Å². The van der Waals surface area contributed by atoms with Crippen molar-refractivity contribution in [2.45, 2.75) is 71.4 Å². The van der Waals surface area contributed by atoms with E-state index in [4.69, 9.17) is 9.41 Å². The molecule has 0 atom stereocenters. The first-order chi connectivity index (χ1) is 23.2. The van der Waals surface area contributed by atoms with Crippen molar-refractivity contribution in [3.05, 3.63) is 143 Å². The van der Waals surface area contributed by atoms with E-state index in [0.717, 1.165) is 39.5 Å². The minimum absolute atomic E-state index is 0.111. The summed E-state index contributed by atoms with van der Waals surface area (Å²) in [5.41, 5.74) is 8.46. The van der Waals surface area contributed by atoms with Gasteiger partial charge in [0.1, 0.15) is 28.4 Å². The van der Waals surface area contributed by atoms with E-state index in [1.165, 1.54) is 0 Å². The van der Waals surface area contributed by atoms with Crippen LogP contribution in [-0.2, 0) is 17.6 Å². The normalized spacial score (nSPS) is 11.3. The molecule has 0 amide bonds. The Kier molecular flexibility index (Phi) is 11.3. The first-order valence-electron chi connectivity index (χ1n) is 16.6. The summed E-state index contributed by atoms with van der Waals surface area (Å²) in [6.45, 7) is 14.3. The van der Waals surface area contributed by atoms with Crippen molar-refractivity contribution < 1.29 is 9.53 Å². The molecular formula is C41H44N4O2Si. The maximum absolute atomic E-state index is 9.37. The van der Waals surface area contributed by atoms with Crippen LogP contribution in [0.25, 0.3) is 11.3 Å².